The molecule has 6 heteroatoms. The van der Waals surface area contributed by atoms with Crippen LogP contribution in [0.1, 0.15) is 52.4 Å². The van der Waals surface area contributed by atoms with Gasteiger partial charge in [-0.2, -0.15) is 0 Å². The summed E-state index contributed by atoms with van der Waals surface area (Å²) in [5, 5.41) is 20.3. The molecule has 1 aliphatic heterocycles. The molecule has 0 saturated carbocycles. The molecule has 0 unspecified atom stereocenters. The van der Waals surface area contributed by atoms with Crippen LogP contribution in [0.4, 0.5) is 0 Å². The molecule has 0 bridgehead atoms. The van der Waals surface area contributed by atoms with Crippen LogP contribution in [0.25, 0.3) is 0 Å². The number of likely N-dealkylation sites (N-methyl/N-ethyl adjacent to an activating group) is 1. The van der Waals surface area contributed by atoms with Crippen LogP contribution < -0.4 is 0 Å². The Morgan fingerprint density at radius 3 is 2.39 bits per heavy atom. The van der Waals surface area contributed by atoms with Gasteiger partial charge in [0.2, 0.25) is 0 Å². The van der Waals surface area contributed by atoms with E-state index in [1.54, 1.807) is 18.0 Å². The van der Waals surface area contributed by atoms with E-state index in [1.165, 1.54) is 11.6 Å². The summed E-state index contributed by atoms with van der Waals surface area (Å²) in [4.78, 5) is 19.5. The van der Waals surface area contributed by atoms with Gasteiger partial charge in [-0.05, 0) is 48.2 Å². The second kappa shape index (κ2) is 9.71. The highest BCUT2D eigenvalue weighted by atomic mass is 16.3. The fraction of sp³-hybridized carbons (Fsp3) is 0.480. The lowest BCUT2D eigenvalue weighted by Gasteiger charge is -2.32. The number of aromatic hydroxyl groups is 2. The lowest BCUT2D eigenvalue weighted by Crippen LogP contribution is -2.43. The molecule has 1 amide bonds. The van der Waals surface area contributed by atoms with Gasteiger partial charge in [-0.1, -0.05) is 32.0 Å². The lowest BCUT2D eigenvalue weighted by atomic mass is 9.98. The van der Waals surface area contributed by atoms with Crippen LogP contribution in [0.15, 0.2) is 30.3 Å². The van der Waals surface area contributed by atoms with Crippen molar-refractivity contribution in [3.8, 4) is 11.5 Å². The topological polar surface area (TPSA) is 67.2 Å². The van der Waals surface area contributed by atoms with Crippen molar-refractivity contribution in [1.82, 2.24) is 14.7 Å². The third-order valence-corrected chi connectivity index (χ3v) is 6.17. The largest absolute Gasteiger partial charge is 0.508 e. The summed E-state index contributed by atoms with van der Waals surface area (Å²) in [6, 6.07) is 9.34. The first-order valence-electron chi connectivity index (χ1n) is 11.0. The Morgan fingerprint density at radius 1 is 1.06 bits per heavy atom. The van der Waals surface area contributed by atoms with Gasteiger partial charge in [0.1, 0.15) is 11.5 Å². The van der Waals surface area contributed by atoms with Crippen molar-refractivity contribution in [3.63, 3.8) is 0 Å². The van der Waals surface area contributed by atoms with Crippen LogP contribution in [-0.2, 0) is 13.1 Å². The van der Waals surface area contributed by atoms with Crippen molar-refractivity contribution in [3.05, 3.63) is 58.1 Å². The van der Waals surface area contributed by atoms with Crippen LogP contribution in [0, 0.1) is 6.92 Å². The maximum Gasteiger partial charge on any atom is 0.257 e. The summed E-state index contributed by atoms with van der Waals surface area (Å²) in [5.41, 5.74) is 4.36. The molecule has 0 aromatic heterocycles. The summed E-state index contributed by atoms with van der Waals surface area (Å²) in [6.45, 7) is 11.6. The highest BCUT2D eigenvalue weighted by Gasteiger charge is 2.21. The zero-order chi connectivity index (χ0) is 22.7. The van der Waals surface area contributed by atoms with E-state index in [0.29, 0.717) is 12.1 Å². The lowest BCUT2D eigenvalue weighted by molar-refractivity contribution is 0.0781. The fourth-order valence-electron chi connectivity index (χ4n) is 4.02. The van der Waals surface area contributed by atoms with Crippen molar-refractivity contribution in [2.75, 3.05) is 40.3 Å². The fourth-order valence-corrected chi connectivity index (χ4v) is 4.02. The molecule has 2 N–H and O–H groups in total. The minimum absolute atomic E-state index is 0.0131. The Bertz CT molecular complexity index is 934. The Morgan fingerprint density at radius 2 is 1.74 bits per heavy atom. The Balaban J connectivity index is 1.74. The molecule has 2 aromatic carbocycles. The average Bonchev–Trinajstić information content (AvgIpc) is 2.71. The summed E-state index contributed by atoms with van der Waals surface area (Å²) in [6.07, 6.45) is 0. The third-order valence-electron chi connectivity index (χ3n) is 6.17. The van der Waals surface area contributed by atoms with Gasteiger partial charge in [0.05, 0.1) is 5.56 Å². The number of phenols is 2. The third kappa shape index (κ3) is 5.57. The minimum Gasteiger partial charge on any atom is -0.508 e. The zero-order valence-electron chi connectivity index (χ0n) is 19.4. The number of phenolic OH excluding ortho intramolecular Hbond substituents is 2. The number of aryl methyl sites for hydroxylation is 1. The number of rotatable bonds is 6. The van der Waals surface area contributed by atoms with E-state index in [2.05, 4.69) is 42.0 Å². The number of benzene rings is 2. The van der Waals surface area contributed by atoms with Gasteiger partial charge in [0.15, 0.2) is 0 Å². The van der Waals surface area contributed by atoms with Crippen molar-refractivity contribution >= 4 is 5.91 Å². The van der Waals surface area contributed by atoms with Gasteiger partial charge in [-0.15, -0.1) is 0 Å². The molecule has 31 heavy (non-hydrogen) atoms. The maximum absolute atomic E-state index is 13.1. The SMILES string of the molecule is Cc1ccc(CN2CCN(C)CC2)cc1CN(C)C(=O)c1cc(C(C)C)c(O)cc1O. The molecule has 0 aliphatic carbocycles. The highest BCUT2D eigenvalue weighted by Crippen LogP contribution is 2.33. The predicted octanol–water partition coefficient (Wildman–Crippen LogP) is 3.55. The molecule has 1 saturated heterocycles. The summed E-state index contributed by atoms with van der Waals surface area (Å²) < 4.78 is 0. The molecule has 0 radical (unpaired) electrons. The van der Waals surface area contributed by atoms with E-state index in [1.807, 2.05) is 13.8 Å². The van der Waals surface area contributed by atoms with E-state index >= 15 is 0 Å². The van der Waals surface area contributed by atoms with Crippen molar-refractivity contribution < 1.29 is 15.0 Å². The normalized spacial score (nSPS) is 15.4. The Hall–Kier alpha value is -2.57. The molecule has 3 rings (SSSR count). The molecule has 2 aromatic rings. The number of carbonyl (C=O) groups is 1. The van der Waals surface area contributed by atoms with Crippen molar-refractivity contribution in [2.24, 2.45) is 0 Å². The molecule has 6 nitrogen and oxygen atoms in total. The Kier molecular flexibility index (Phi) is 7.23. The Labute approximate surface area is 185 Å². The van der Waals surface area contributed by atoms with Crippen molar-refractivity contribution in [1.29, 1.82) is 0 Å². The smallest absolute Gasteiger partial charge is 0.257 e. The molecule has 1 heterocycles. The second-order valence-electron chi connectivity index (χ2n) is 9.08. The van der Waals surface area contributed by atoms with Gasteiger partial charge in [0.25, 0.3) is 5.91 Å². The van der Waals surface area contributed by atoms with Crippen LogP contribution in [0.5, 0.6) is 11.5 Å². The quantitative estimate of drug-likeness (QED) is 0.741. The summed E-state index contributed by atoms with van der Waals surface area (Å²) in [5.74, 6) is -0.396. The first-order chi connectivity index (χ1) is 14.7. The van der Waals surface area contributed by atoms with E-state index in [0.717, 1.165) is 43.9 Å². The first kappa shape index (κ1) is 23.1. The summed E-state index contributed by atoms with van der Waals surface area (Å²) >= 11 is 0. The molecule has 168 valence electrons. The van der Waals surface area contributed by atoms with Crippen LogP contribution in [0.3, 0.4) is 0 Å². The van der Waals surface area contributed by atoms with E-state index in [9.17, 15) is 15.0 Å². The second-order valence-corrected chi connectivity index (χ2v) is 9.08. The van der Waals surface area contributed by atoms with Gasteiger partial charge in [0, 0.05) is 52.4 Å². The molecular formula is C25H35N3O3. The van der Waals surface area contributed by atoms with Crippen LogP contribution in [-0.4, -0.2) is 71.1 Å². The first-order valence-corrected chi connectivity index (χ1v) is 11.0. The van der Waals surface area contributed by atoms with Gasteiger partial charge in [-0.3, -0.25) is 9.69 Å². The molecular weight excluding hydrogens is 390 g/mol. The van der Waals surface area contributed by atoms with Gasteiger partial charge >= 0.3 is 0 Å². The number of hydrogen-bond donors (Lipinski definition) is 2. The van der Waals surface area contributed by atoms with Gasteiger partial charge < -0.3 is 20.0 Å². The molecule has 0 atom stereocenters. The molecule has 1 aliphatic rings. The maximum atomic E-state index is 13.1. The van der Waals surface area contributed by atoms with Crippen LogP contribution >= 0.6 is 0 Å². The van der Waals surface area contributed by atoms with Crippen LogP contribution in [0.2, 0.25) is 0 Å². The van der Waals surface area contributed by atoms with Crippen molar-refractivity contribution in [2.45, 2.75) is 39.8 Å². The number of piperazine rings is 1. The van der Waals surface area contributed by atoms with E-state index in [4.69, 9.17) is 0 Å². The molecule has 0 spiro atoms. The average molecular weight is 426 g/mol. The number of amides is 1. The molecule has 1 fully saturated rings. The highest BCUT2D eigenvalue weighted by molar-refractivity contribution is 5.97. The van der Waals surface area contributed by atoms with E-state index in [-0.39, 0.29) is 28.9 Å². The van der Waals surface area contributed by atoms with E-state index < -0.39 is 0 Å². The number of carbonyl (C=O) groups excluding carboxylic acids is 1. The monoisotopic (exact) mass is 425 g/mol. The standard InChI is InChI=1S/C25H35N3O3/c1-17(2)21-13-22(24(30)14-23(21)29)25(31)27(5)16-20-12-19(7-6-18(20)3)15-28-10-8-26(4)9-11-28/h6-7,12-14,17,29-30H,8-11,15-16H2,1-5H3. The van der Waals surface area contributed by atoms with Gasteiger partial charge in [-0.25, -0.2) is 0 Å². The zero-order valence-corrected chi connectivity index (χ0v) is 19.4. The summed E-state index contributed by atoms with van der Waals surface area (Å²) in [7, 11) is 3.90. The number of hydrogen-bond acceptors (Lipinski definition) is 5. The predicted molar refractivity (Wildman–Crippen MR) is 124 cm³/mol. The minimum atomic E-state index is -0.261. The number of nitrogens with zero attached hydrogens (tertiary/aromatic N) is 3.